The SMILES string of the molecule is CN(CCNC(=O)Cn1ncc2c1-c1cc([N+](=O)[O-])ccc1OC2)C1CCCCC1. The van der Waals surface area contributed by atoms with E-state index in [1.807, 2.05) is 0 Å². The number of carbonyl (C=O) groups is 1. The molecule has 2 aromatic rings. The van der Waals surface area contributed by atoms with E-state index in [-0.39, 0.29) is 18.1 Å². The highest BCUT2D eigenvalue weighted by molar-refractivity contribution is 5.79. The second-order valence-electron chi connectivity index (χ2n) is 8.02. The number of likely N-dealkylation sites (N-methyl/N-ethyl adjacent to an activating group) is 1. The number of hydrogen-bond donors (Lipinski definition) is 1. The van der Waals surface area contributed by atoms with E-state index in [0.29, 0.717) is 36.2 Å². The molecule has 1 aromatic heterocycles. The van der Waals surface area contributed by atoms with Crippen LogP contribution in [0.25, 0.3) is 11.3 Å². The average molecular weight is 413 g/mol. The van der Waals surface area contributed by atoms with Gasteiger partial charge in [-0.1, -0.05) is 19.3 Å². The Morgan fingerprint density at radius 3 is 2.93 bits per heavy atom. The van der Waals surface area contributed by atoms with Crippen LogP contribution in [0.2, 0.25) is 0 Å². The maximum Gasteiger partial charge on any atom is 0.270 e. The van der Waals surface area contributed by atoms with Crippen molar-refractivity contribution in [3.8, 4) is 17.0 Å². The summed E-state index contributed by atoms with van der Waals surface area (Å²) in [6.45, 7) is 1.79. The van der Waals surface area contributed by atoms with Gasteiger partial charge in [0.2, 0.25) is 5.91 Å². The van der Waals surface area contributed by atoms with Gasteiger partial charge in [0.05, 0.1) is 16.8 Å². The molecule has 1 saturated carbocycles. The van der Waals surface area contributed by atoms with Gasteiger partial charge >= 0.3 is 0 Å². The molecule has 0 spiro atoms. The minimum Gasteiger partial charge on any atom is -0.488 e. The molecule has 1 aliphatic heterocycles. The molecule has 0 atom stereocenters. The Labute approximate surface area is 175 Å². The highest BCUT2D eigenvalue weighted by atomic mass is 16.6. The van der Waals surface area contributed by atoms with Gasteiger partial charge in [0.1, 0.15) is 18.9 Å². The summed E-state index contributed by atoms with van der Waals surface area (Å²) in [6, 6.07) is 5.10. The molecule has 30 heavy (non-hydrogen) atoms. The number of fused-ring (bicyclic) bond motifs is 3. The Morgan fingerprint density at radius 1 is 1.37 bits per heavy atom. The van der Waals surface area contributed by atoms with E-state index in [2.05, 4.69) is 22.4 Å². The van der Waals surface area contributed by atoms with Crippen molar-refractivity contribution in [1.29, 1.82) is 0 Å². The number of nitro groups is 1. The van der Waals surface area contributed by atoms with Crippen molar-refractivity contribution < 1.29 is 14.5 Å². The molecule has 9 nitrogen and oxygen atoms in total. The molecule has 2 heterocycles. The number of nitro benzene ring substituents is 1. The molecule has 1 N–H and O–H groups in total. The zero-order valence-electron chi connectivity index (χ0n) is 17.2. The normalized spacial score (nSPS) is 15.9. The Balaban J connectivity index is 1.39. The fraction of sp³-hybridized carbons (Fsp3) is 0.524. The summed E-state index contributed by atoms with van der Waals surface area (Å²) in [6.07, 6.45) is 8.02. The van der Waals surface area contributed by atoms with Gasteiger partial charge in [-0.15, -0.1) is 0 Å². The molecule has 4 rings (SSSR count). The summed E-state index contributed by atoms with van der Waals surface area (Å²) in [7, 11) is 2.12. The van der Waals surface area contributed by atoms with Crippen molar-refractivity contribution in [2.75, 3.05) is 20.1 Å². The smallest absolute Gasteiger partial charge is 0.270 e. The quantitative estimate of drug-likeness (QED) is 0.553. The lowest BCUT2D eigenvalue weighted by atomic mass is 9.94. The van der Waals surface area contributed by atoms with Crippen LogP contribution < -0.4 is 10.1 Å². The number of nitrogens with zero attached hydrogens (tertiary/aromatic N) is 4. The van der Waals surface area contributed by atoms with Gasteiger partial charge < -0.3 is 15.0 Å². The van der Waals surface area contributed by atoms with Gasteiger partial charge in [-0.2, -0.15) is 5.10 Å². The zero-order valence-corrected chi connectivity index (χ0v) is 17.2. The number of non-ortho nitro benzene ring substituents is 1. The summed E-state index contributed by atoms with van der Waals surface area (Å²) in [4.78, 5) is 25.6. The summed E-state index contributed by atoms with van der Waals surface area (Å²) in [5, 5.41) is 18.5. The lowest BCUT2D eigenvalue weighted by Gasteiger charge is -2.31. The summed E-state index contributed by atoms with van der Waals surface area (Å²) >= 11 is 0. The van der Waals surface area contributed by atoms with Crippen LogP contribution in [-0.2, 0) is 17.9 Å². The van der Waals surface area contributed by atoms with Crippen molar-refractivity contribution in [3.63, 3.8) is 0 Å². The van der Waals surface area contributed by atoms with Gasteiger partial charge in [0.15, 0.2) is 0 Å². The van der Waals surface area contributed by atoms with E-state index < -0.39 is 4.92 Å². The molecule has 1 amide bonds. The molecule has 160 valence electrons. The third kappa shape index (κ3) is 4.30. The highest BCUT2D eigenvalue weighted by Gasteiger charge is 2.25. The van der Waals surface area contributed by atoms with E-state index in [1.54, 1.807) is 16.9 Å². The predicted molar refractivity (Wildman–Crippen MR) is 111 cm³/mol. The van der Waals surface area contributed by atoms with Crippen molar-refractivity contribution in [1.82, 2.24) is 20.0 Å². The topological polar surface area (TPSA) is 103 Å². The predicted octanol–water partition coefficient (Wildman–Crippen LogP) is 2.73. The first kappa shape index (κ1) is 20.3. The Hall–Kier alpha value is -2.94. The average Bonchev–Trinajstić information content (AvgIpc) is 3.17. The number of rotatable bonds is 7. The molecular weight excluding hydrogens is 386 g/mol. The van der Waals surface area contributed by atoms with Gasteiger partial charge in [-0.05, 0) is 26.0 Å². The number of hydrogen-bond acceptors (Lipinski definition) is 6. The van der Waals surface area contributed by atoms with Crippen LogP contribution in [0.4, 0.5) is 5.69 Å². The molecule has 2 aliphatic rings. The van der Waals surface area contributed by atoms with Crippen LogP contribution in [0.1, 0.15) is 37.7 Å². The lowest BCUT2D eigenvalue weighted by molar-refractivity contribution is -0.384. The number of ether oxygens (including phenoxy) is 1. The minimum atomic E-state index is -0.440. The first-order valence-electron chi connectivity index (χ1n) is 10.5. The van der Waals surface area contributed by atoms with Gasteiger partial charge in [-0.25, -0.2) is 0 Å². The fourth-order valence-electron chi connectivity index (χ4n) is 4.33. The van der Waals surface area contributed by atoms with E-state index in [0.717, 1.165) is 12.1 Å². The van der Waals surface area contributed by atoms with E-state index >= 15 is 0 Å². The van der Waals surface area contributed by atoms with Crippen LogP contribution in [0.3, 0.4) is 0 Å². The van der Waals surface area contributed by atoms with E-state index in [9.17, 15) is 14.9 Å². The second-order valence-corrected chi connectivity index (χ2v) is 8.02. The molecule has 0 saturated heterocycles. The monoisotopic (exact) mass is 413 g/mol. The lowest BCUT2D eigenvalue weighted by Crippen LogP contribution is -2.40. The van der Waals surface area contributed by atoms with Crippen LogP contribution in [0.5, 0.6) is 5.75 Å². The Kier molecular flexibility index (Phi) is 5.98. The number of benzene rings is 1. The molecule has 0 bridgehead atoms. The maximum atomic E-state index is 12.5. The summed E-state index contributed by atoms with van der Waals surface area (Å²) < 4.78 is 7.27. The Bertz CT molecular complexity index is 935. The largest absolute Gasteiger partial charge is 0.488 e. The van der Waals surface area contributed by atoms with Gasteiger partial charge in [0.25, 0.3) is 5.69 Å². The zero-order chi connectivity index (χ0) is 21.1. The van der Waals surface area contributed by atoms with E-state index in [4.69, 9.17) is 4.74 Å². The van der Waals surface area contributed by atoms with Crippen molar-refractivity contribution in [3.05, 3.63) is 40.1 Å². The molecular formula is C21H27N5O4. The van der Waals surface area contributed by atoms with Crippen LogP contribution in [-0.4, -0.2) is 51.7 Å². The van der Waals surface area contributed by atoms with Crippen molar-refractivity contribution >= 4 is 11.6 Å². The van der Waals surface area contributed by atoms with Crippen LogP contribution in [0.15, 0.2) is 24.4 Å². The van der Waals surface area contributed by atoms with Crippen molar-refractivity contribution in [2.24, 2.45) is 0 Å². The molecule has 0 radical (unpaired) electrons. The molecule has 1 aromatic carbocycles. The molecule has 0 unspecified atom stereocenters. The third-order valence-corrected chi connectivity index (χ3v) is 6.01. The molecule has 1 aliphatic carbocycles. The van der Waals surface area contributed by atoms with Crippen LogP contribution in [0, 0.1) is 10.1 Å². The van der Waals surface area contributed by atoms with E-state index in [1.165, 1.54) is 44.2 Å². The van der Waals surface area contributed by atoms with Crippen LogP contribution >= 0.6 is 0 Å². The first-order chi connectivity index (χ1) is 14.5. The fourth-order valence-corrected chi connectivity index (χ4v) is 4.33. The van der Waals surface area contributed by atoms with Crippen molar-refractivity contribution in [2.45, 2.75) is 51.3 Å². The third-order valence-electron chi connectivity index (χ3n) is 6.01. The first-order valence-corrected chi connectivity index (χ1v) is 10.5. The maximum absolute atomic E-state index is 12.5. The molecule has 1 fully saturated rings. The Morgan fingerprint density at radius 2 is 2.17 bits per heavy atom. The number of aromatic nitrogens is 2. The number of amides is 1. The minimum absolute atomic E-state index is 0.0202. The highest BCUT2D eigenvalue weighted by Crippen LogP contribution is 2.39. The van der Waals surface area contributed by atoms with Gasteiger partial charge in [-0.3, -0.25) is 19.6 Å². The summed E-state index contributed by atoms with van der Waals surface area (Å²) in [5.41, 5.74) is 2.09. The number of nitrogens with one attached hydrogen (secondary N) is 1. The second kappa shape index (κ2) is 8.83. The summed E-state index contributed by atoms with van der Waals surface area (Å²) in [5.74, 6) is 0.431. The molecule has 9 heteroatoms. The van der Waals surface area contributed by atoms with Gasteiger partial charge in [0, 0.05) is 42.4 Å². The standard InChI is InChI=1S/C21H27N5O4/c1-24(16-5-3-2-4-6-16)10-9-22-20(27)13-25-21-15(12-23-25)14-30-19-8-7-17(26(28)29)11-18(19)21/h7-8,11-12,16H,2-6,9-10,13-14H2,1H3,(H,22,27). The number of carbonyl (C=O) groups excluding carboxylic acids is 1.